The molecule has 3 nitrogen and oxygen atoms in total. The summed E-state index contributed by atoms with van der Waals surface area (Å²) in [7, 11) is 1.18. The van der Waals surface area contributed by atoms with Crippen LogP contribution in [0.4, 0.5) is 0 Å². The van der Waals surface area contributed by atoms with Crippen LogP contribution in [0.5, 0.6) is 0 Å². The van der Waals surface area contributed by atoms with Gasteiger partial charge in [-0.1, -0.05) is 0 Å². The molecule has 0 bridgehead atoms. The van der Waals surface area contributed by atoms with Gasteiger partial charge in [-0.2, -0.15) is 0 Å². The molecule has 0 aliphatic carbocycles. The van der Waals surface area contributed by atoms with Crippen LogP contribution in [0.25, 0.3) is 0 Å². The molecular weight excluding hydrogens is 147 g/mol. The third kappa shape index (κ3) is 6.14. The molecule has 0 rings (SSSR count). The summed E-state index contributed by atoms with van der Waals surface area (Å²) in [5, 5.41) is 0. The molecule has 0 aromatic carbocycles. The zero-order valence-corrected chi connectivity index (χ0v) is 7.07. The summed E-state index contributed by atoms with van der Waals surface area (Å²) in [6, 6.07) is 0. The fraction of sp³-hybridized carbons (Fsp3) is 1.00. The molecule has 0 saturated carbocycles. The van der Waals surface area contributed by atoms with Crippen LogP contribution < -0.4 is 0 Å². The Morgan fingerprint density at radius 1 is 1.12 bits per heavy atom. The minimum absolute atomic E-state index is 1.13. The van der Waals surface area contributed by atoms with E-state index in [0.29, 0.717) is 0 Å². The fourth-order valence-corrected chi connectivity index (χ4v) is 0. The van der Waals surface area contributed by atoms with Crippen LogP contribution in [0, 0.1) is 0 Å². The van der Waals surface area contributed by atoms with Crippen molar-refractivity contribution >= 4 is 0 Å². The van der Waals surface area contributed by atoms with Gasteiger partial charge in [-0.25, -0.2) is 0 Å². The number of hydrogen-bond acceptors (Lipinski definition) is 3. The molecule has 0 amide bonds. The molecule has 0 unspecified atom stereocenters. The Hall–Kier alpha value is 0.144. The first-order valence-electron chi connectivity index (χ1n) is 2.30. The van der Waals surface area contributed by atoms with E-state index >= 15 is 0 Å². The van der Waals surface area contributed by atoms with Crippen molar-refractivity contribution in [2.45, 2.75) is 16.9 Å². The Balaban J connectivity index is 5.18. The average Bonchev–Trinajstić information content (AvgIpc) is 1.30. The van der Waals surface area contributed by atoms with Crippen molar-refractivity contribution in [2.24, 2.45) is 0 Å². The molecule has 0 fully saturated rings. The minimum atomic E-state index is -5.12. The van der Waals surface area contributed by atoms with Gasteiger partial charge in [-0.15, -0.1) is 0 Å². The zero-order chi connectivity index (χ0) is 7.12. The van der Waals surface area contributed by atoms with E-state index < -0.39 is 12.0 Å². The summed E-state index contributed by atoms with van der Waals surface area (Å²) in [5.74, 6) is 0. The van der Waals surface area contributed by atoms with Gasteiger partial charge in [-0.3, -0.25) is 0 Å². The summed E-state index contributed by atoms with van der Waals surface area (Å²) in [4.78, 5) is 0. The van der Waals surface area contributed by atoms with E-state index in [9.17, 15) is 7.35 Å². The summed E-state index contributed by atoms with van der Waals surface area (Å²) in [6.07, 6.45) is 0. The van der Waals surface area contributed by atoms with Gasteiger partial charge in [0.05, 0.1) is 0 Å². The molecule has 0 spiro atoms. The first-order chi connectivity index (χ1) is 3.04. The van der Waals surface area contributed by atoms with E-state index in [4.69, 9.17) is 0 Å². The van der Waals surface area contributed by atoms with Crippen LogP contribution in [0.15, 0.2) is 0 Å². The standard InChI is InChI=1S/CH3O.3CH3.2O.V/c1-2;;;;;;/h1H3;3*1H3;;;/q-1;;;;;;+1. The van der Waals surface area contributed by atoms with Gasteiger partial charge in [0.25, 0.3) is 0 Å². The van der Waals surface area contributed by atoms with Crippen molar-refractivity contribution in [2.75, 3.05) is 7.11 Å². The van der Waals surface area contributed by atoms with Crippen molar-refractivity contribution in [3.63, 3.8) is 0 Å². The van der Waals surface area contributed by atoms with Crippen molar-refractivity contribution in [1.82, 2.24) is 0 Å². The maximum atomic E-state index is 11.0. The second kappa shape index (κ2) is 1.03. The van der Waals surface area contributed by atoms with E-state index in [0.717, 1.165) is 16.9 Å². The van der Waals surface area contributed by atoms with Gasteiger partial charge in [0.1, 0.15) is 0 Å². The average molecular weight is 159 g/mol. The monoisotopic (exact) mass is 159 g/mol. The van der Waals surface area contributed by atoms with Crippen LogP contribution in [-0.4, -0.2) is 7.11 Å². The van der Waals surface area contributed by atoms with E-state index in [-0.39, 0.29) is 0 Å². The van der Waals surface area contributed by atoms with Crippen LogP contribution in [0.2, 0.25) is 16.9 Å². The third-order valence-corrected chi connectivity index (χ3v) is 2.87. The first-order valence-corrected chi connectivity index (χ1v) is 8.20. The van der Waals surface area contributed by atoms with E-state index in [1.807, 2.05) is 0 Å². The number of rotatable bonds is 1. The molecule has 51 valence electrons. The molecule has 0 aromatic rings. The van der Waals surface area contributed by atoms with Crippen molar-refractivity contribution < 1.29 is 23.0 Å². The van der Waals surface area contributed by atoms with Crippen molar-refractivity contribution in [1.29, 1.82) is 0 Å². The Morgan fingerprint density at radius 3 is 1.25 bits per heavy atom. The summed E-state index contributed by atoms with van der Waals surface area (Å²) in [6.45, 7) is 0. The van der Waals surface area contributed by atoms with E-state index in [1.165, 1.54) is 7.11 Å². The van der Waals surface area contributed by atoms with Crippen LogP contribution in [0.3, 0.4) is 0 Å². The summed E-state index contributed by atoms with van der Waals surface area (Å²) >= 11 is -5.12. The quantitative estimate of drug-likeness (QED) is 0.583. The SMILES string of the molecule is C[O][V]([CH3])([CH3])([CH3])(=[O])=[O]. The Morgan fingerprint density at radius 2 is 1.25 bits per heavy atom. The van der Waals surface area contributed by atoms with E-state index in [2.05, 4.69) is 3.66 Å². The van der Waals surface area contributed by atoms with Crippen molar-refractivity contribution in [3.05, 3.63) is 0 Å². The van der Waals surface area contributed by atoms with Crippen LogP contribution in [0.1, 0.15) is 0 Å². The molecule has 4 heteroatoms. The Kier molecular flexibility index (Phi) is 1.05. The van der Waals surface area contributed by atoms with E-state index in [1.54, 1.807) is 0 Å². The van der Waals surface area contributed by atoms with Gasteiger partial charge in [0, 0.05) is 0 Å². The predicted molar refractivity (Wildman–Crippen MR) is 26.0 cm³/mol. The van der Waals surface area contributed by atoms with Gasteiger partial charge in [0.2, 0.25) is 0 Å². The predicted octanol–water partition coefficient (Wildman–Crippen LogP) is 1.61. The second-order valence-corrected chi connectivity index (χ2v) is 14.0. The molecule has 0 radical (unpaired) electrons. The summed E-state index contributed by atoms with van der Waals surface area (Å²) < 4.78 is 26.4. The normalized spacial score (nSPS) is 21.5. The topological polar surface area (TPSA) is 43.4 Å². The van der Waals surface area contributed by atoms with Gasteiger partial charge in [0.15, 0.2) is 0 Å². The fourth-order valence-electron chi connectivity index (χ4n) is 0. The Bertz CT molecular complexity index is 222. The van der Waals surface area contributed by atoms with Crippen molar-refractivity contribution in [3.8, 4) is 0 Å². The second-order valence-electron chi connectivity index (χ2n) is 3.39. The molecule has 0 heterocycles. The third-order valence-electron chi connectivity index (χ3n) is 0.697. The van der Waals surface area contributed by atoms with Gasteiger partial charge in [-0.05, 0) is 0 Å². The van der Waals surface area contributed by atoms with Gasteiger partial charge < -0.3 is 0 Å². The Labute approximate surface area is 47.6 Å². The maximum absolute atomic E-state index is 11.0. The van der Waals surface area contributed by atoms with Crippen LogP contribution in [-0.2, 0) is 23.0 Å². The molecule has 0 aromatic heterocycles. The molecular formula is C4H12O3V. The molecule has 0 saturated heterocycles. The molecule has 0 atom stereocenters. The molecule has 0 N–H and O–H groups in total. The zero-order valence-electron chi connectivity index (χ0n) is 5.67. The molecule has 0 aliphatic rings. The summed E-state index contributed by atoms with van der Waals surface area (Å²) in [5.41, 5.74) is 3.39. The molecule has 8 heavy (non-hydrogen) atoms. The van der Waals surface area contributed by atoms with Gasteiger partial charge >= 0.3 is 47.0 Å². The number of hydrogen-bond donors (Lipinski definition) is 0. The molecule has 0 aliphatic heterocycles. The van der Waals surface area contributed by atoms with Crippen LogP contribution >= 0.6 is 0 Å². The first kappa shape index (κ1) is 8.14.